The Kier molecular flexibility index (Phi) is 2.28. The normalized spacial score (nSPS) is 25.2. The van der Waals surface area contributed by atoms with Gasteiger partial charge in [0.2, 0.25) is 0 Å². The largest absolute Gasteiger partial charge is 0.594 e. The van der Waals surface area contributed by atoms with E-state index in [2.05, 4.69) is 15.7 Å². The topological polar surface area (TPSA) is 76.9 Å². The van der Waals surface area contributed by atoms with Crippen LogP contribution in [0.25, 0.3) is 0 Å². The van der Waals surface area contributed by atoms with Gasteiger partial charge in [-0.15, -0.1) is 21.2 Å². The van der Waals surface area contributed by atoms with Crippen LogP contribution in [0.15, 0.2) is 27.9 Å². The highest BCUT2D eigenvalue weighted by Gasteiger charge is 2.32. The first kappa shape index (κ1) is 9.25. The summed E-state index contributed by atoms with van der Waals surface area (Å²) in [6.45, 7) is 0.387. The lowest BCUT2D eigenvalue weighted by Gasteiger charge is -2.25. The Hall–Kier alpha value is -1.31. The van der Waals surface area contributed by atoms with E-state index in [0.717, 1.165) is 0 Å². The van der Waals surface area contributed by atoms with Crippen molar-refractivity contribution in [3.8, 4) is 0 Å². The zero-order chi connectivity index (χ0) is 10.0. The number of hydroxylamine groups is 2. The molecule has 7 heteroatoms. The average Bonchev–Trinajstić information content (AvgIpc) is 2.76. The quantitative estimate of drug-likeness (QED) is 0.570. The van der Waals surface area contributed by atoms with Crippen LogP contribution in [0, 0.1) is 5.21 Å². The summed E-state index contributed by atoms with van der Waals surface area (Å²) < 4.78 is -1.25. The van der Waals surface area contributed by atoms with Gasteiger partial charge in [-0.25, -0.2) is 4.79 Å². The minimum atomic E-state index is -1.25. The molecule has 1 atom stereocenters. The number of amides is 2. The summed E-state index contributed by atoms with van der Waals surface area (Å²) in [6, 6.07) is 2.83. The zero-order valence-corrected chi connectivity index (χ0v) is 8.03. The summed E-state index contributed by atoms with van der Waals surface area (Å²) in [5, 5.41) is 23.4. The fourth-order valence-electron chi connectivity index (χ4n) is 1.06. The summed E-state index contributed by atoms with van der Waals surface area (Å²) in [5.41, 5.74) is 0. The molecule has 0 radical (unpaired) electrons. The zero-order valence-electron chi connectivity index (χ0n) is 7.21. The van der Waals surface area contributed by atoms with Gasteiger partial charge in [0.05, 0.1) is 5.00 Å². The summed E-state index contributed by atoms with van der Waals surface area (Å²) in [5.74, 6) is 0. The van der Waals surface area contributed by atoms with E-state index < -0.39 is 10.8 Å². The molecule has 2 heterocycles. The molecule has 2 amide bonds. The van der Waals surface area contributed by atoms with Crippen LogP contribution in [-0.4, -0.2) is 23.9 Å². The van der Waals surface area contributed by atoms with Crippen molar-refractivity contribution in [2.24, 2.45) is 10.3 Å². The van der Waals surface area contributed by atoms with E-state index in [1.807, 2.05) is 5.38 Å². The summed E-state index contributed by atoms with van der Waals surface area (Å²) >= 11 is 1.36. The molecule has 0 saturated heterocycles. The first-order chi connectivity index (χ1) is 6.71. The van der Waals surface area contributed by atoms with E-state index >= 15 is 0 Å². The van der Waals surface area contributed by atoms with Gasteiger partial charge < -0.3 is 5.21 Å². The second-order valence-corrected chi connectivity index (χ2v) is 3.73. The highest BCUT2D eigenvalue weighted by Crippen LogP contribution is 2.19. The van der Waals surface area contributed by atoms with Crippen LogP contribution >= 0.6 is 11.3 Å². The van der Waals surface area contributed by atoms with E-state index in [4.69, 9.17) is 0 Å². The number of quaternary nitrogens is 1. The van der Waals surface area contributed by atoms with Crippen LogP contribution in [0.3, 0.4) is 0 Å². The minimum absolute atomic E-state index is 0.0806. The van der Waals surface area contributed by atoms with Crippen molar-refractivity contribution in [1.82, 2.24) is 0 Å². The first-order valence-electron chi connectivity index (χ1n) is 4.04. The van der Waals surface area contributed by atoms with Gasteiger partial charge in [-0.2, -0.15) is 0 Å². The molecule has 0 aliphatic carbocycles. The molecule has 1 unspecified atom stereocenters. The van der Waals surface area contributed by atoms with Crippen molar-refractivity contribution < 1.29 is 9.55 Å². The van der Waals surface area contributed by atoms with Gasteiger partial charge in [0.25, 0.3) is 0 Å². The molecule has 6 nitrogen and oxygen atoms in total. The van der Waals surface area contributed by atoms with E-state index in [0.29, 0.717) is 11.5 Å². The molecule has 1 aromatic heterocycles. The van der Waals surface area contributed by atoms with Crippen molar-refractivity contribution in [2.45, 2.75) is 0 Å². The standard InChI is InChI=1S/C7H8N4O2S/c12-7(9-6-2-1-5-14-6)11(13)4-3-8-10-11/h1-2,5H,3-4H2,(H,9,12). The van der Waals surface area contributed by atoms with E-state index in [9.17, 15) is 10.0 Å². The number of carbonyl (C=O) groups is 1. The van der Waals surface area contributed by atoms with Gasteiger partial charge in [-0.3, -0.25) is 5.32 Å². The van der Waals surface area contributed by atoms with Gasteiger partial charge in [0, 0.05) is 5.22 Å². The molecule has 14 heavy (non-hydrogen) atoms. The Morgan fingerprint density at radius 3 is 3.14 bits per heavy atom. The molecule has 1 aliphatic rings. The molecule has 0 aromatic carbocycles. The Labute approximate surface area is 84.0 Å². The van der Waals surface area contributed by atoms with Gasteiger partial charge in [0.1, 0.15) is 13.1 Å². The fourth-order valence-corrected chi connectivity index (χ4v) is 1.66. The molecular weight excluding hydrogens is 204 g/mol. The molecule has 2 rings (SSSR count). The fraction of sp³-hybridized carbons (Fsp3) is 0.286. The second kappa shape index (κ2) is 3.45. The van der Waals surface area contributed by atoms with Crippen LogP contribution in [-0.2, 0) is 0 Å². The number of thiophene rings is 1. The van der Waals surface area contributed by atoms with Crippen molar-refractivity contribution in [1.29, 1.82) is 0 Å². The maximum atomic E-state index is 11.6. The maximum absolute atomic E-state index is 11.6. The molecule has 74 valence electrons. The van der Waals surface area contributed by atoms with Gasteiger partial charge in [-0.1, -0.05) is 0 Å². The van der Waals surface area contributed by atoms with Crippen molar-refractivity contribution >= 4 is 22.4 Å². The lowest BCUT2D eigenvalue weighted by molar-refractivity contribution is -0.797. The Morgan fingerprint density at radius 2 is 2.57 bits per heavy atom. The predicted octanol–water partition coefficient (Wildman–Crippen LogP) is 1.98. The molecule has 0 fully saturated rings. The smallest absolute Gasteiger partial charge is 0.449 e. The van der Waals surface area contributed by atoms with Crippen LogP contribution in [0.2, 0.25) is 0 Å². The highest BCUT2D eigenvalue weighted by molar-refractivity contribution is 7.14. The third-order valence-electron chi connectivity index (χ3n) is 1.78. The predicted molar refractivity (Wildman–Crippen MR) is 51.6 cm³/mol. The SMILES string of the molecule is O=C(Nc1cccs1)[N+]1([O-])CCN=N1. The third-order valence-corrected chi connectivity index (χ3v) is 2.56. The van der Waals surface area contributed by atoms with Crippen molar-refractivity contribution in [2.75, 3.05) is 18.4 Å². The molecular formula is C7H8N4O2S. The van der Waals surface area contributed by atoms with Crippen molar-refractivity contribution in [3.05, 3.63) is 22.7 Å². The van der Waals surface area contributed by atoms with Gasteiger partial charge >= 0.3 is 6.03 Å². The van der Waals surface area contributed by atoms with Crippen LogP contribution < -0.4 is 5.32 Å². The number of anilines is 1. The maximum Gasteiger partial charge on any atom is 0.449 e. The number of urea groups is 1. The number of rotatable bonds is 1. The molecule has 0 bridgehead atoms. The number of hydrogen-bond acceptors (Lipinski definition) is 5. The lowest BCUT2D eigenvalue weighted by atomic mass is 10.6. The van der Waals surface area contributed by atoms with Crippen LogP contribution in [0.5, 0.6) is 0 Å². The molecule has 1 N–H and O–H groups in total. The number of hydrogen-bond donors (Lipinski definition) is 1. The van der Waals surface area contributed by atoms with Gasteiger partial charge in [-0.05, 0) is 17.5 Å². The van der Waals surface area contributed by atoms with Crippen molar-refractivity contribution in [3.63, 3.8) is 0 Å². The second-order valence-electron chi connectivity index (χ2n) is 2.79. The Bertz CT molecular complexity index is 364. The van der Waals surface area contributed by atoms with Crippen LogP contribution in [0.1, 0.15) is 0 Å². The molecule has 1 aromatic rings. The first-order valence-corrected chi connectivity index (χ1v) is 4.92. The monoisotopic (exact) mass is 212 g/mol. The van der Waals surface area contributed by atoms with E-state index in [1.165, 1.54) is 11.3 Å². The summed E-state index contributed by atoms with van der Waals surface area (Å²) in [4.78, 5) is 11.4. The van der Waals surface area contributed by atoms with Gasteiger partial charge in [0.15, 0.2) is 0 Å². The summed E-state index contributed by atoms with van der Waals surface area (Å²) in [7, 11) is 0. The van der Waals surface area contributed by atoms with E-state index in [1.54, 1.807) is 12.1 Å². The minimum Gasteiger partial charge on any atom is -0.594 e. The molecule has 0 spiro atoms. The number of nitrogens with one attached hydrogen (secondary N) is 1. The number of nitrogens with zero attached hydrogens (tertiary/aromatic N) is 3. The van der Waals surface area contributed by atoms with Crippen LogP contribution in [0.4, 0.5) is 9.80 Å². The molecule has 0 saturated carbocycles. The lowest BCUT2D eigenvalue weighted by Crippen LogP contribution is -2.44. The Morgan fingerprint density at radius 1 is 1.71 bits per heavy atom. The third kappa shape index (κ3) is 1.65. The molecule has 1 aliphatic heterocycles. The number of carbonyl (C=O) groups excluding carboxylic acids is 1. The average molecular weight is 212 g/mol. The summed E-state index contributed by atoms with van der Waals surface area (Å²) in [6.07, 6.45) is 0. The Balaban J connectivity index is 2.06. The van der Waals surface area contributed by atoms with E-state index in [-0.39, 0.29) is 6.54 Å². The highest BCUT2D eigenvalue weighted by atomic mass is 32.1.